The van der Waals surface area contributed by atoms with Crippen molar-refractivity contribution in [2.75, 3.05) is 39.3 Å². The number of carbonyl (C=O) groups is 1. The molecule has 25 heavy (non-hydrogen) atoms. The van der Waals surface area contributed by atoms with E-state index in [1.807, 2.05) is 6.92 Å². The number of nitrogens with zero attached hydrogens (tertiary/aromatic N) is 3. The summed E-state index contributed by atoms with van der Waals surface area (Å²) in [6.07, 6.45) is 4.27. The number of hydrogen-bond acceptors (Lipinski definition) is 4. The number of piperazine rings is 1. The minimum absolute atomic E-state index is 0. The monoisotopic (exact) mass is 462 g/mol. The van der Waals surface area contributed by atoms with Crippen molar-refractivity contribution >= 4 is 35.8 Å². The zero-order valence-corrected chi connectivity index (χ0v) is 16.9. The van der Waals surface area contributed by atoms with Crippen LogP contribution < -0.4 is 5.32 Å². The van der Waals surface area contributed by atoms with Crippen LogP contribution in [0.2, 0.25) is 0 Å². The summed E-state index contributed by atoms with van der Waals surface area (Å²) in [5.41, 5.74) is -0.613. The topological polar surface area (TPSA) is 81.3 Å². The van der Waals surface area contributed by atoms with E-state index in [1.54, 1.807) is 17.0 Å². The Bertz CT molecular complexity index is 579. The molecule has 7 nitrogen and oxygen atoms in total. The van der Waals surface area contributed by atoms with Crippen molar-refractivity contribution in [2.45, 2.75) is 31.8 Å². The maximum atomic E-state index is 12.3. The minimum atomic E-state index is -0.613. The first-order valence-corrected chi connectivity index (χ1v) is 8.70. The summed E-state index contributed by atoms with van der Waals surface area (Å²) >= 11 is 0. The smallest absolute Gasteiger partial charge is 0.289 e. The second-order valence-electron chi connectivity index (χ2n) is 6.50. The number of rotatable bonds is 4. The molecule has 1 aliphatic carbocycles. The van der Waals surface area contributed by atoms with Crippen molar-refractivity contribution < 1.29 is 14.3 Å². The third-order valence-corrected chi connectivity index (χ3v) is 4.74. The molecule has 1 aromatic rings. The van der Waals surface area contributed by atoms with Gasteiger partial charge in [-0.15, -0.1) is 24.0 Å². The molecule has 2 aliphatic rings. The fraction of sp³-hybridized carbons (Fsp3) is 0.647. The summed E-state index contributed by atoms with van der Waals surface area (Å²) < 4.78 is 5.19. The molecule has 0 unspecified atom stereocenters. The Morgan fingerprint density at radius 2 is 2.00 bits per heavy atom. The molecule has 2 heterocycles. The van der Waals surface area contributed by atoms with Crippen molar-refractivity contribution in [3.8, 4) is 0 Å². The van der Waals surface area contributed by atoms with Gasteiger partial charge in [-0.05, 0) is 38.3 Å². The van der Waals surface area contributed by atoms with E-state index >= 15 is 0 Å². The molecule has 8 heteroatoms. The van der Waals surface area contributed by atoms with Gasteiger partial charge in [-0.25, -0.2) is 0 Å². The number of aliphatic imine (C=N–C) groups is 1. The first-order chi connectivity index (χ1) is 11.6. The summed E-state index contributed by atoms with van der Waals surface area (Å²) in [6, 6.07) is 3.42. The van der Waals surface area contributed by atoms with Crippen LogP contribution in [0.1, 0.15) is 36.7 Å². The van der Waals surface area contributed by atoms with E-state index < -0.39 is 5.60 Å². The van der Waals surface area contributed by atoms with Crippen LogP contribution in [0, 0.1) is 0 Å². The number of amides is 1. The Balaban J connectivity index is 0.00000225. The van der Waals surface area contributed by atoms with E-state index in [2.05, 4.69) is 15.2 Å². The first kappa shape index (κ1) is 20.0. The second kappa shape index (κ2) is 8.88. The van der Waals surface area contributed by atoms with Crippen molar-refractivity contribution in [1.82, 2.24) is 15.1 Å². The van der Waals surface area contributed by atoms with E-state index in [-0.39, 0.29) is 29.9 Å². The van der Waals surface area contributed by atoms with Crippen molar-refractivity contribution in [2.24, 2.45) is 4.99 Å². The van der Waals surface area contributed by atoms with Crippen molar-refractivity contribution in [1.29, 1.82) is 0 Å². The fourth-order valence-corrected chi connectivity index (χ4v) is 3.07. The highest BCUT2D eigenvalue weighted by Gasteiger charge is 2.34. The standard InChI is InChI=1S/C17H26N4O3.HI/c1-2-18-16(19-13-17(23)6-4-7-17)21-10-8-20(9-11-21)15(22)14-5-3-12-24-14;/h3,5,12,23H,2,4,6-11,13H2,1H3,(H,18,19);1H. The number of furan rings is 1. The average Bonchev–Trinajstić information content (AvgIpc) is 3.11. The Morgan fingerprint density at radius 1 is 1.32 bits per heavy atom. The normalized spacial score (nSPS) is 19.8. The molecule has 1 aliphatic heterocycles. The fourth-order valence-electron chi connectivity index (χ4n) is 3.07. The van der Waals surface area contributed by atoms with Gasteiger partial charge in [0.2, 0.25) is 0 Å². The summed E-state index contributed by atoms with van der Waals surface area (Å²) in [6.45, 7) is 5.96. The lowest BCUT2D eigenvalue weighted by Gasteiger charge is -2.38. The summed E-state index contributed by atoms with van der Waals surface area (Å²) in [7, 11) is 0. The van der Waals surface area contributed by atoms with Crippen LogP contribution in [-0.4, -0.2) is 71.6 Å². The minimum Gasteiger partial charge on any atom is -0.459 e. The van der Waals surface area contributed by atoms with Gasteiger partial charge in [-0.3, -0.25) is 9.79 Å². The Kier molecular flexibility index (Phi) is 7.12. The van der Waals surface area contributed by atoms with E-state index in [4.69, 9.17) is 4.42 Å². The number of halogens is 1. The van der Waals surface area contributed by atoms with E-state index in [1.165, 1.54) is 6.26 Å². The van der Waals surface area contributed by atoms with Crippen LogP contribution in [-0.2, 0) is 0 Å². The van der Waals surface area contributed by atoms with Gasteiger partial charge in [-0.2, -0.15) is 0 Å². The molecule has 2 N–H and O–H groups in total. The molecule has 1 aromatic heterocycles. The maximum absolute atomic E-state index is 12.3. The Hall–Kier alpha value is -1.29. The van der Waals surface area contributed by atoms with Crippen molar-refractivity contribution in [3.05, 3.63) is 24.2 Å². The van der Waals surface area contributed by atoms with Gasteiger partial charge < -0.3 is 24.6 Å². The number of nitrogens with one attached hydrogen (secondary N) is 1. The lowest BCUT2D eigenvalue weighted by atomic mass is 9.80. The number of guanidine groups is 1. The predicted octanol–water partition coefficient (Wildman–Crippen LogP) is 1.54. The summed E-state index contributed by atoms with van der Waals surface area (Å²) in [4.78, 5) is 20.9. The molecule has 0 spiro atoms. The van der Waals surface area contributed by atoms with E-state index in [0.717, 1.165) is 44.9 Å². The van der Waals surface area contributed by atoms with Gasteiger partial charge in [-0.1, -0.05) is 0 Å². The first-order valence-electron chi connectivity index (χ1n) is 8.70. The van der Waals surface area contributed by atoms with Crippen molar-refractivity contribution in [3.63, 3.8) is 0 Å². The molecule has 2 fully saturated rings. The average molecular weight is 462 g/mol. The van der Waals surface area contributed by atoms with Crippen LogP contribution in [0.3, 0.4) is 0 Å². The van der Waals surface area contributed by atoms with Gasteiger partial charge in [0.15, 0.2) is 11.7 Å². The predicted molar refractivity (Wildman–Crippen MR) is 106 cm³/mol. The van der Waals surface area contributed by atoms with Crippen LogP contribution >= 0.6 is 24.0 Å². The lowest BCUT2D eigenvalue weighted by Crippen LogP contribution is -2.54. The number of carbonyl (C=O) groups excluding carboxylic acids is 1. The molecule has 1 amide bonds. The van der Waals surface area contributed by atoms with Gasteiger partial charge >= 0.3 is 0 Å². The van der Waals surface area contributed by atoms with Crippen LogP contribution in [0.15, 0.2) is 27.8 Å². The number of aliphatic hydroxyl groups is 1. The SMILES string of the molecule is CCNC(=NCC1(O)CCC1)N1CCN(C(=O)c2ccco2)CC1.I. The van der Waals surface area contributed by atoms with Crippen LogP contribution in [0.25, 0.3) is 0 Å². The highest BCUT2D eigenvalue weighted by Crippen LogP contribution is 2.31. The second-order valence-corrected chi connectivity index (χ2v) is 6.50. The Labute approximate surface area is 165 Å². The lowest BCUT2D eigenvalue weighted by molar-refractivity contribution is -0.0238. The molecule has 140 valence electrons. The molecule has 0 aromatic carbocycles. The molecule has 0 radical (unpaired) electrons. The van der Waals surface area contributed by atoms with Gasteiger partial charge in [0.05, 0.1) is 18.4 Å². The summed E-state index contributed by atoms with van der Waals surface area (Å²) in [5, 5.41) is 13.5. The largest absolute Gasteiger partial charge is 0.459 e. The quantitative estimate of drug-likeness (QED) is 0.403. The van der Waals surface area contributed by atoms with Gasteiger partial charge in [0.25, 0.3) is 5.91 Å². The molecular weight excluding hydrogens is 435 g/mol. The summed E-state index contributed by atoms with van der Waals surface area (Å²) in [5.74, 6) is 1.14. The zero-order valence-electron chi connectivity index (χ0n) is 14.6. The third-order valence-electron chi connectivity index (χ3n) is 4.74. The molecular formula is C17H27IN4O3. The molecule has 1 saturated carbocycles. The molecule has 0 atom stereocenters. The third kappa shape index (κ3) is 4.87. The number of hydrogen-bond donors (Lipinski definition) is 2. The van der Waals surface area contributed by atoms with Gasteiger partial charge in [0, 0.05) is 32.7 Å². The maximum Gasteiger partial charge on any atom is 0.289 e. The molecule has 1 saturated heterocycles. The van der Waals surface area contributed by atoms with Crippen LogP contribution in [0.4, 0.5) is 0 Å². The van der Waals surface area contributed by atoms with E-state index in [0.29, 0.717) is 25.4 Å². The molecule has 0 bridgehead atoms. The highest BCUT2D eigenvalue weighted by molar-refractivity contribution is 14.0. The van der Waals surface area contributed by atoms with Gasteiger partial charge in [0.1, 0.15) is 0 Å². The molecule has 3 rings (SSSR count). The highest BCUT2D eigenvalue weighted by atomic mass is 127. The van der Waals surface area contributed by atoms with Crippen LogP contribution in [0.5, 0.6) is 0 Å². The zero-order chi connectivity index (χ0) is 17.0. The Morgan fingerprint density at radius 3 is 2.52 bits per heavy atom. The van der Waals surface area contributed by atoms with E-state index in [9.17, 15) is 9.90 Å².